The summed E-state index contributed by atoms with van der Waals surface area (Å²) in [4.78, 5) is 14.4. The van der Waals surface area contributed by atoms with Crippen molar-refractivity contribution in [3.63, 3.8) is 0 Å². The van der Waals surface area contributed by atoms with E-state index in [4.69, 9.17) is 0 Å². The number of aliphatic carboxylic acids is 1. The SMILES string of the molecule is O=C(O)C1(CN2CCCC2C2CCCC2)CCCCC1. The van der Waals surface area contributed by atoms with Crippen LogP contribution in [0.25, 0.3) is 0 Å². The van der Waals surface area contributed by atoms with Gasteiger partial charge in [0.1, 0.15) is 0 Å². The van der Waals surface area contributed by atoms with E-state index < -0.39 is 11.4 Å². The molecule has 20 heavy (non-hydrogen) atoms. The van der Waals surface area contributed by atoms with Crippen molar-refractivity contribution in [1.29, 1.82) is 0 Å². The molecule has 3 nitrogen and oxygen atoms in total. The molecule has 0 spiro atoms. The fourth-order valence-corrected chi connectivity index (χ4v) is 4.98. The molecule has 0 aromatic heterocycles. The van der Waals surface area contributed by atoms with Crippen LogP contribution >= 0.6 is 0 Å². The minimum absolute atomic E-state index is 0.431. The van der Waals surface area contributed by atoms with Gasteiger partial charge in [-0.25, -0.2) is 0 Å². The van der Waals surface area contributed by atoms with Gasteiger partial charge in [-0.2, -0.15) is 0 Å². The Morgan fingerprint density at radius 2 is 1.70 bits per heavy atom. The smallest absolute Gasteiger partial charge is 0.310 e. The maximum absolute atomic E-state index is 11.9. The molecule has 1 N–H and O–H groups in total. The van der Waals surface area contributed by atoms with E-state index in [9.17, 15) is 9.90 Å². The first-order valence-corrected chi connectivity index (χ1v) is 8.69. The molecule has 1 unspecified atom stereocenters. The Bertz CT molecular complexity index is 343. The summed E-state index contributed by atoms with van der Waals surface area (Å²) in [5.74, 6) is 0.321. The highest BCUT2D eigenvalue weighted by molar-refractivity contribution is 5.75. The lowest BCUT2D eigenvalue weighted by atomic mass is 9.73. The van der Waals surface area contributed by atoms with Crippen LogP contribution in [-0.4, -0.2) is 35.1 Å². The molecular weight excluding hydrogens is 250 g/mol. The Hall–Kier alpha value is -0.570. The molecule has 3 rings (SSSR count). The topological polar surface area (TPSA) is 40.5 Å². The predicted octanol–water partition coefficient (Wildman–Crippen LogP) is 3.68. The van der Waals surface area contributed by atoms with Crippen LogP contribution < -0.4 is 0 Å². The molecule has 2 saturated carbocycles. The van der Waals surface area contributed by atoms with Crippen molar-refractivity contribution in [3.8, 4) is 0 Å². The quantitative estimate of drug-likeness (QED) is 0.853. The first-order chi connectivity index (χ1) is 9.71. The monoisotopic (exact) mass is 279 g/mol. The summed E-state index contributed by atoms with van der Waals surface area (Å²) in [6, 6.07) is 0.690. The summed E-state index contributed by atoms with van der Waals surface area (Å²) in [6.45, 7) is 1.96. The summed E-state index contributed by atoms with van der Waals surface area (Å²) in [6.07, 6.45) is 13.3. The molecule has 3 aliphatic rings. The van der Waals surface area contributed by atoms with E-state index >= 15 is 0 Å². The highest BCUT2D eigenvalue weighted by Gasteiger charge is 2.44. The Balaban J connectivity index is 1.69. The molecule has 0 aromatic rings. The summed E-state index contributed by atoms with van der Waals surface area (Å²) in [5.41, 5.74) is -0.431. The van der Waals surface area contributed by atoms with E-state index in [2.05, 4.69) is 4.90 Å². The third-order valence-corrected chi connectivity index (χ3v) is 6.13. The van der Waals surface area contributed by atoms with Gasteiger partial charge in [0.25, 0.3) is 0 Å². The average molecular weight is 279 g/mol. The van der Waals surface area contributed by atoms with Crippen molar-refractivity contribution in [1.82, 2.24) is 4.90 Å². The van der Waals surface area contributed by atoms with Gasteiger partial charge in [0.15, 0.2) is 0 Å². The Kier molecular flexibility index (Phi) is 4.34. The standard InChI is InChI=1S/C17H29NO2/c19-16(20)17(10-4-1-5-11-17)13-18-12-6-9-15(18)14-7-2-3-8-14/h14-15H,1-13H2,(H,19,20). The van der Waals surface area contributed by atoms with Gasteiger partial charge in [0.2, 0.25) is 0 Å². The van der Waals surface area contributed by atoms with Crippen LogP contribution in [0.3, 0.4) is 0 Å². The number of hydrogen-bond donors (Lipinski definition) is 1. The van der Waals surface area contributed by atoms with Crippen LogP contribution in [0, 0.1) is 11.3 Å². The minimum atomic E-state index is -0.533. The number of carboxylic acid groups (broad SMARTS) is 1. The molecule has 1 heterocycles. The van der Waals surface area contributed by atoms with Gasteiger partial charge in [-0.3, -0.25) is 9.69 Å². The Morgan fingerprint density at radius 1 is 1.00 bits per heavy atom. The molecule has 0 aromatic carbocycles. The highest BCUT2D eigenvalue weighted by atomic mass is 16.4. The second kappa shape index (κ2) is 6.05. The van der Waals surface area contributed by atoms with Crippen LogP contribution in [0.1, 0.15) is 70.6 Å². The average Bonchev–Trinajstić information content (AvgIpc) is 3.10. The third-order valence-electron chi connectivity index (χ3n) is 6.13. The van der Waals surface area contributed by atoms with Gasteiger partial charge in [0, 0.05) is 12.6 Å². The summed E-state index contributed by atoms with van der Waals surface area (Å²) < 4.78 is 0. The van der Waals surface area contributed by atoms with Crippen LogP contribution in [0.15, 0.2) is 0 Å². The molecule has 2 aliphatic carbocycles. The minimum Gasteiger partial charge on any atom is -0.481 e. The lowest BCUT2D eigenvalue weighted by Crippen LogP contribution is -2.47. The molecule has 1 saturated heterocycles. The van der Waals surface area contributed by atoms with Crippen molar-refractivity contribution < 1.29 is 9.90 Å². The molecule has 0 bridgehead atoms. The Labute approximate surface area is 122 Å². The van der Waals surface area contributed by atoms with Gasteiger partial charge in [-0.1, -0.05) is 32.1 Å². The molecule has 1 atom stereocenters. The largest absolute Gasteiger partial charge is 0.481 e. The number of rotatable bonds is 4. The van der Waals surface area contributed by atoms with Crippen LogP contribution in [0.4, 0.5) is 0 Å². The second-order valence-corrected chi connectivity index (χ2v) is 7.37. The Morgan fingerprint density at radius 3 is 2.35 bits per heavy atom. The molecule has 0 amide bonds. The van der Waals surface area contributed by atoms with E-state index in [-0.39, 0.29) is 0 Å². The van der Waals surface area contributed by atoms with Crippen LogP contribution in [0.2, 0.25) is 0 Å². The van der Waals surface area contributed by atoms with E-state index in [1.54, 1.807) is 0 Å². The number of carbonyl (C=O) groups is 1. The van der Waals surface area contributed by atoms with Gasteiger partial charge in [-0.15, -0.1) is 0 Å². The zero-order valence-electron chi connectivity index (χ0n) is 12.6. The fourth-order valence-electron chi connectivity index (χ4n) is 4.98. The van der Waals surface area contributed by atoms with Crippen molar-refractivity contribution in [2.45, 2.75) is 76.7 Å². The number of hydrogen-bond acceptors (Lipinski definition) is 2. The summed E-state index contributed by atoms with van der Waals surface area (Å²) in [7, 11) is 0. The van der Waals surface area contributed by atoms with E-state index in [1.807, 2.05) is 0 Å². The lowest BCUT2D eigenvalue weighted by Gasteiger charge is -2.39. The predicted molar refractivity (Wildman–Crippen MR) is 79.7 cm³/mol. The molecular formula is C17H29NO2. The van der Waals surface area contributed by atoms with Crippen LogP contribution in [-0.2, 0) is 4.79 Å². The zero-order valence-corrected chi connectivity index (χ0v) is 12.6. The van der Waals surface area contributed by atoms with Crippen molar-refractivity contribution in [2.75, 3.05) is 13.1 Å². The van der Waals surface area contributed by atoms with Gasteiger partial charge < -0.3 is 5.11 Å². The van der Waals surface area contributed by atoms with Crippen molar-refractivity contribution >= 4 is 5.97 Å². The lowest BCUT2D eigenvalue weighted by molar-refractivity contribution is -0.153. The zero-order chi connectivity index (χ0) is 14.0. The van der Waals surface area contributed by atoms with E-state index in [0.29, 0.717) is 6.04 Å². The molecule has 3 fully saturated rings. The molecule has 1 aliphatic heterocycles. The van der Waals surface area contributed by atoms with E-state index in [0.717, 1.165) is 44.7 Å². The normalized spacial score (nSPS) is 31.7. The van der Waals surface area contributed by atoms with E-state index in [1.165, 1.54) is 44.9 Å². The number of nitrogens with zero attached hydrogens (tertiary/aromatic N) is 1. The molecule has 114 valence electrons. The van der Waals surface area contributed by atoms with Gasteiger partial charge in [0.05, 0.1) is 5.41 Å². The maximum atomic E-state index is 11.9. The van der Waals surface area contributed by atoms with Gasteiger partial charge >= 0.3 is 5.97 Å². The van der Waals surface area contributed by atoms with Crippen molar-refractivity contribution in [2.24, 2.45) is 11.3 Å². The number of likely N-dealkylation sites (tertiary alicyclic amines) is 1. The number of carboxylic acids is 1. The second-order valence-electron chi connectivity index (χ2n) is 7.37. The highest BCUT2D eigenvalue weighted by Crippen LogP contribution is 2.41. The van der Waals surface area contributed by atoms with Gasteiger partial charge in [-0.05, 0) is 51.0 Å². The first-order valence-electron chi connectivity index (χ1n) is 8.69. The molecule has 3 heteroatoms. The fraction of sp³-hybridized carbons (Fsp3) is 0.941. The first kappa shape index (κ1) is 14.4. The maximum Gasteiger partial charge on any atom is 0.310 e. The van der Waals surface area contributed by atoms with Crippen molar-refractivity contribution in [3.05, 3.63) is 0 Å². The summed E-state index contributed by atoms with van der Waals surface area (Å²) in [5, 5.41) is 9.77. The third kappa shape index (κ3) is 2.74. The van der Waals surface area contributed by atoms with Crippen LogP contribution in [0.5, 0.6) is 0 Å². The molecule has 0 radical (unpaired) electrons. The summed E-state index contributed by atoms with van der Waals surface area (Å²) >= 11 is 0.